The number of thiophene rings is 1. The average Bonchev–Trinajstić information content (AvgIpc) is 3.21. The molecule has 0 atom stereocenters. The predicted octanol–water partition coefficient (Wildman–Crippen LogP) is 2.57. The van der Waals surface area contributed by atoms with Gasteiger partial charge in [0.05, 0.1) is 33.9 Å². The van der Waals surface area contributed by atoms with Gasteiger partial charge in [0.15, 0.2) is 11.5 Å². The van der Waals surface area contributed by atoms with Gasteiger partial charge >= 0.3 is 0 Å². The van der Waals surface area contributed by atoms with E-state index in [4.69, 9.17) is 14.2 Å². The van der Waals surface area contributed by atoms with Gasteiger partial charge < -0.3 is 24.4 Å². The molecule has 1 aromatic carbocycles. The summed E-state index contributed by atoms with van der Waals surface area (Å²) in [6.07, 6.45) is 0.746. The molecule has 0 spiro atoms. The number of hydrogen-bond donors (Lipinski definition) is 1. The maximum absolute atomic E-state index is 12.7. The van der Waals surface area contributed by atoms with Crippen molar-refractivity contribution < 1.29 is 19.0 Å². The first-order valence-electron chi connectivity index (χ1n) is 8.88. The van der Waals surface area contributed by atoms with E-state index in [9.17, 15) is 4.79 Å². The number of nitrogens with one attached hydrogen (secondary N) is 1. The molecule has 148 valence electrons. The molecule has 0 unspecified atom stereocenters. The van der Waals surface area contributed by atoms with Crippen LogP contribution in [0.4, 0.5) is 0 Å². The molecule has 7 heteroatoms. The second-order valence-electron chi connectivity index (χ2n) is 6.00. The van der Waals surface area contributed by atoms with Crippen LogP contribution in [-0.2, 0) is 22.5 Å². The number of amides is 1. The van der Waals surface area contributed by atoms with Crippen molar-refractivity contribution in [3.05, 3.63) is 46.2 Å². The molecule has 0 saturated heterocycles. The lowest BCUT2D eigenvalue weighted by Gasteiger charge is -2.23. The van der Waals surface area contributed by atoms with E-state index in [1.165, 1.54) is 4.88 Å². The van der Waals surface area contributed by atoms with Crippen molar-refractivity contribution in [3.63, 3.8) is 0 Å². The molecule has 2 rings (SSSR count). The molecule has 0 aliphatic heterocycles. The Kier molecular flexibility index (Phi) is 9.10. The van der Waals surface area contributed by atoms with Crippen LogP contribution in [0.3, 0.4) is 0 Å². The van der Waals surface area contributed by atoms with E-state index in [-0.39, 0.29) is 5.91 Å². The third-order valence-corrected chi connectivity index (χ3v) is 5.02. The summed E-state index contributed by atoms with van der Waals surface area (Å²) in [6.45, 7) is 2.81. The molecular weight excluding hydrogens is 364 g/mol. The first-order valence-corrected chi connectivity index (χ1v) is 9.76. The van der Waals surface area contributed by atoms with Crippen molar-refractivity contribution >= 4 is 17.2 Å². The molecule has 0 fully saturated rings. The van der Waals surface area contributed by atoms with E-state index in [0.29, 0.717) is 44.3 Å². The highest BCUT2D eigenvalue weighted by atomic mass is 32.1. The summed E-state index contributed by atoms with van der Waals surface area (Å²) in [5.74, 6) is 1.49. The molecule has 6 nitrogen and oxygen atoms in total. The van der Waals surface area contributed by atoms with Gasteiger partial charge in [-0.1, -0.05) is 12.1 Å². The number of carbonyl (C=O) groups is 1. The smallest absolute Gasteiger partial charge is 0.236 e. The highest BCUT2D eigenvalue weighted by molar-refractivity contribution is 7.09. The second-order valence-corrected chi connectivity index (χ2v) is 7.04. The normalized spacial score (nSPS) is 10.6. The molecular formula is C20H28N2O4S. The van der Waals surface area contributed by atoms with Gasteiger partial charge in [-0.2, -0.15) is 0 Å². The number of benzene rings is 1. The van der Waals surface area contributed by atoms with Gasteiger partial charge in [0.2, 0.25) is 5.91 Å². The fourth-order valence-corrected chi connectivity index (χ4v) is 3.38. The molecule has 2 aromatic rings. The van der Waals surface area contributed by atoms with E-state index in [0.717, 1.165) is 12.0 Å². The SMILES string of the molecule is COCCNCC(=O)N(CCc1ccc(OC)c(OC)c1)Cc1cccs1. The summed E-state index contributed by atoms with van der Waals surface area (Å²) in [7, 11) is 4.89. The molecule has 1 N–H and O–H groups in total. The minimum Gasteiger partial charge on any atom is -0.493 e. The minimum atomic E-state index is 0.0833. The van der Waals surface area contributed by atoms with Gasteiger partial charge in [-0.15, -0.1) is 11.3 Å². The maximum Gasteiger partial charge on any atom is 0.236 e. The van der Waals surface area contributed by atoms with Crippen LogP contribution in [0.1, 0.15) is 10.4 Å². The monoisotopic (exact) mass is 392 g/mol. The number of nitrogens with zero attached hydrogens (tertiary/aromatic N) is 1. The Labute approximate surface area is 165 Å². The van der Waals surface area contributed by atoms with Crippen molar-refractivity contribution in [2.45, 2.75) is 13.0 Å². The number of carbonyl (C=O) groups excluding carboxylic acids is 1. The highest BCUT2D eigenvalue weighted by Crippen LogP contribution is 2.27. The summed E-state index contributed by atoms with van der Waals surface area (Å²) in [4.78, 5) is 15.7. The lowest BCUT2D eigenvalue weighted by molar-refractivity contribution is -0.130. The van der Waals surface area contributed by atoms with Gasteiger partial charge in [0.25, 0.3) is 0 Å². The first-order chi connectivity index (χ1) is 13.2. The molecule has 0 aliphatic rings. The van der Waals surface area contributed by atoms with Gasteiger partial charge in [-0.05, 0) is 35.6 Å². The molecule has 1 amide bonds. The molecule has 1 heterocycles. The first kappa shape index (κ1) is 21.2. The van der Waals surface area contributed by atoms with Crippen LogP contribution in [0, 0.1) is 0 Å². The van der Waals surface area contributed by atoms with Crippen LogP contribution in [-0.4, -0.2) is 58.4 Å². The van der Waals surface area contributed by atoms with E-state index in [2.05, 4.69) is 11.4 Å². The van der Waals surface area contributed by atoms with Crippen molar-refractivity contribution in [2.24, 2.45) is 0 Å². The summed E-state index contributed by atoms with van der Waals surface area (Å²) >= 11 is 1.66. The van der Waals surface area contributed by atoms with Crippen LogP contribution in [0.5, 0.6) is 11.5 Å². The zero-order valence-electron chi connectivity index (χ0n) is 16.2. The van der Waals surface area contributed by atoms with E-state index in [1.54, 1.807) is 32.7 Å². The molecule has 27 heavy (non-hydrogen) atoms. The zero-order valence-corrected chi connectivity index (χ0v) is 17.0. The Bertz CT molecular complexity index is 691. The van der Waals surface area contributed by atoms with Crippen LogP contribution >= 0.6 is 11.3 Å². The Balaban J connectivity index is 1.99. The third-order valence-electron chi connectivity index (χ3n) is 4.16. The Morgan fingerprint density at radius 1 is 1.15 bits per heavy atom. The largest absolute Gasteiger partial charge is 0.493 e. The van der Waals surface area contributed by atoms with E-state index >= 15 is 0 Å². The molecule has 1 aromatic heterocycles. The topological polar surface area (TPSA) is 60.0 Å². The highest BCUT2D eigenvalue weighted by Gasteiger charge is 2.15. The van der Waals surface area contributed by atoms with Gasteiger partial charge in [0, 0.05) is 25.1 Å². The van der Waals surface area contributed by atoms with Crippen molar-refractivity contribution in [1.82, 2.24) is 10.2 Å². The van der Waals surface area contributed by atoms with Crippen molar-refractivity contribution in [2.75, 3.05) is 47.6 Å². The van der Waals surface area contributed by atoms with Crippen LogP contribution in [0.2, 0.25) is 0 Å². The number of ether oxygens (including phenoxy) is 3. The van der Waals surface area contributed by atoms with Crippen LogP contribution in [0.15, 0.2) is 35.7 Å². The summed E-state index contributed by atoms with van der Waals surface area (Å²) < 4.78 is 15.7. The Morgan fingerprint density at radius 2 is 1.96 bits per heavy atom. The van der Waals surface area contributed by atoms with Crippen LogP contribution in [0.25, 0.3) is 0 Å². The van der Waals surface area contributed by atoms with Crippen molar-refractivity contribution in [3.8, 4) is 11.5 Å². The Hall–Kier alpha value is -2.09. The van der Waals surface area contributed by atoms with Gasteiger partial charge in [-0.3, -0.25) is 4.79 Å². The minimum absolute atomic E-state index is 0.0833. The number of hydrogen-bond acceptors (Lipinski definition) is 6. The van der Waals surface area contributed by atoms with E-state index in [1.807, 2.05) is 34.5 Å². The lowest BCUT2D eigenvalue weighted by atomic mass is 10.1. The van der Waals surface area contributed by atoms with Gasteiger partial charge in [0.1, 0.15) is 0 Å². The Morgan fingerprint density at radius 3 is 2.63 bits per heavy atom. The van der Waals surface area contributed by atoms with Gasteiger partial charge in [-0.25, -0.2) is 0 Å². The molecule has 0 bridgehead atoms. The number of rotatable bonds is 12. The standard InChI is InChI=1S/C20H28N2O4S/c1-24-11-9-21-14-20(23)22(15-17-5-4-12-27-17)10-8-16-6-7-18(25-2)19(13-16)26-3/h4-7,12-13,21H,8-11,14-15H2,1-3H3. The van der Waals surface area contributed by atoms with Crippen molar-refractivity contribution in [1.29, 1.82) is 0 Å². The molecule has 0 aliphatic carbocycles. The summed E-state index contributed by atoms with van der Waals surface area (Å²) in [6, 6.07) is 9.93. The maximum atomic E-state index is 12.7. The third kappa shape index (κ3) is 6.86. The second kappa shape index (κ2) is 11.6. The average molecular weight is 393 g/mol. The fourth-order valence-electron chi connectivity index (χ4n) is 2.66. The summed E-state index contributed by atoms with van der Waals surface area (Å²) in [5, 5.41) is 5.16. The van der Waals surface area contributed by atoms with E-state index < -0.39 is 0 Å². The quantitative estimate of drug-likeness (QED) is 0.563. The number of methoxy groups -OCH3 is 3. The van der Waals surface area contributed by atoms with Crippen LogP contribution < -0.4 is 14.8 Å². The molecule has 0 saturated carbocycles. The zero-order chi connectivity index (χ0) is 19.5. The summed E-state index contributed by atoms with van der Waals surface area (Å²) in [5.41, 5.74) is 1.10. The molecule has 0 radical (unpaired) electrons. The predicted molar refractivity (Wildman–Crippen MR) is 108 cm³/mol. The fraction of sp³-hybridized carbons (Fsp3) is 0.450. The lowest BCUT2D eigenvalue weighted by Crippen LogP contribution is -2.39.